The van der Waals surface area contributed by atoms with Crippen LogP contribution in [0.1, 0.15) is 17.8 Å². The van der Waals surface area contributed by atoms with Crippen LogP contribution in [-0.2, 0) is 22.3 Å². The number of aromatic nitrogens is 3. The van der Waals surface area contributed by atoms with Gasteiger partial charge in [0.25, 0.3) is 0 Å². The number of carbonyl (C=O) groups is 2. The maximum atomic E-state index is 12.8. The number of halogens is 3. The molecule has 3 rings (SSSR count). The number of carbonyl (C=O) groups excluding carboxylic acids is 2. The fourth-order valence-electron chi connectivity index (χ4n) is 3.07. The molecule has 0 aliphatic carbocycles. The van der Waals surface area contributed by atoms with Crippen LogP contribution in [0.4, 0.5) is 13.2 Å². The molecule has 0 radical (unpaired) electrons. The monoisotopic (exact) mass is 397 g/mol. The van der Waals surface area contributed by atoms with Gasteiger partial charge in [-0.05, 0) is 25.1 Å². The van der Waals surface area contributed by atoms with Gasteiger partial charge in [-0.3, -0.25) is 19.3 Å². The first-order valence-corrected chi connectivity index (χ1v) is 8.42. The Bertz CT molecular complexity index is 869. The van der Waals surface area contributed by atoms with Crippen LogP contribution in [0.2, 0.25) is 0 Å². The predicted octanol–water partition coefficient (Wildman–Crippen LogP) is 1.14. The Morgan fingerprint density at radius 2 is 2.14 bits per heavy atom. The minimum absolute atomic E-state index is 0.0772. The van der Waals surface area contributed by atoms with Gasteiger partial charge >= 0.3 is 6.18 Å². The Morgan fingerprint density at radius 3 is 2.71 bits per heavy atom. The zero-order valence-corrected chi connectivity index (χ0v) is 14.9. The molecule has 8 nitrogen and oxygen atoms in total. The van der Waals surface area contributed by atoms with Crippen molar-refractivity contribution in [2.45, 2.75) is 38.2 Å². The number of primary amides is 1. The van der Waals surface area contributed by atoms with E-state index >= 15 is 0 Å². The highest BCUT2D eigenvalue weighted by Crippen LogP contribution is 2.29. The van der Waals surface area contributed by atoms with Crippen LogP contribution in [0.3, 0.4) is 0 Å². The van der Waals surface area contributed by atoms with Gasteiger partial charge in [-0.15, -0.1) is 0 Å². The number of nitrogens with two attached hydrogens (primary N) is 1. The molecule has 0 unspecified atom stereocenters. The van der Waals surface area contributed by atoms with Gasteiger partial charge in [-0.1, -0.05) is 0 Å². The number of alkyl halides is 3. The van der Waals surface area contributed by atoms with Crippen LogP contribution < -0.4 is 10.5 Å². The summed E-state index contributed by atoms with van der Waals surface area (Å²) in [5.41, 5.74) is 4.49. The Kier molecular flexibility index (Phi) is 5.25. The first kappa shape index (κ1) is 19.6. The Morgan fingerprint density at radius 1 is 1.39 bits per heavy atom. The lowest BCUT2D eigenvalue weighted by Gasteiger charge is -2.22. The van der Waals surface area contributed by atoms with Crippen molar-refractivity contribution in [2.24, 2.45) is 5.73 Å². The molecule has 2 atom stereocenters. The van der Waals surface area contributed by atoms with E-state index in [0.29, 0.717) is 5.75 Å². The fraction of sp³-hybridized carbons (Fsp3) is 0.412. The fourth-order valence-corrected chi connectivity index (χ4v) is 3.07. The van der Waals surface area contributed by atoms with Gasteiger partial charge in [0.05, 0.1) is 12.7 Å². The number of hydrogen-bond acceptors (Lipinski definition) is 5. The van der Waals surface area contributed by atoms with E-state index in [-0.39, 0.29) is 18.7 Å². The smallest absolute Gasteiger partial charge is 0.435 e. The normalized spacial score (nSPS) is 19.6. The molecule has 1 aliphatic rings. The summed E-state index contributed by atoms with van der Waals surface area (Å²) in [6, 6.07) is 3.31. The summed E-state index contributed by atoms with van der Waals surface area (Å²) >= 11 is 0. The maximum absolute atomic E-state index is 12.8. The minimum atomic E-state index is -4.61. The van der Waals surface area contributed by atoms with Gasteiger partial charge in [0.2, 0.25) is 11.8 Å². The van der Waals surface area contributed by atoms with Gasteiger partial charge in [0, 0.05) is 18.3 Å². The number of hydrogen-bond donors (Lipinski definition) is 1. The lowest BCUT2D eigenvalue weighted by atomic mass is 10.2. The summed E-state index contributed by atoms with van der Waals surface area (Å²) in [4.78, 5) is 29.5. The lowest BCUT2D eigenvalue weighted by molar-refractivity contribution is -0.142. The summed E-state index contributed by atoms with van der Waals surface area (Å²) in [7, 11) is 0. The van der Waals surface area contributed by atoms with E-state index in [2.05, 4.69) is 10.1 Å². The minimum Gasteiger partial charge on any atom is -0.487 e. The molecule has 3 heterocycles. The second-order valence-electron chi connectivity index (χ2n) is 6.45. The molecule has 11 heteroatoms. The molecule has 1 aliphatic heterocycles. The van der Waals surface area contributed by atoms with Crippen LogP contribution >= 0.6 is 0 Å². The van der Waals surface area contributed by atoms with Crippen molar-refractivity contribution in [1.82, 2.24) is 19.7 Å². The van der Waals surface area contributed by atoms with Crippen molar-refractivity contribution < 1.29 is 27.5 Å². The molecule has 1 saturated heterocycles. The molecule has 28 heavy (non-hydrogen) atoms. The van der Waals surface area contributed by atoms with E-state index in [4.69, 9.17) is 10.5 Å². The second-order valence-corrected chi connectivity index (χ2v) is 6.45. The molecule has 0 saturated carbocycles. The van der Waals surface area contributed by atoms with E-state index in [0.717, 1.165) is 10.7 Å². The predicted molar refractivity (Wildman–Crippen MR) is 89.9 cm³/mol. The highest BCUT2D eigenvalue weighted by atomic mass is 19.4. The summed E-state index contributed by atoms with van der Waals surface area (Å²) in [5.74, 6) is -0.803. The van der Waals surface area contributed by atoms with Crippen molar-refractivity contribution in [3.05, 3.63) is 42.0 Å². The third-order valence-corrected chi connectivity index (χ3v) is 4.41. The Labute approximate surface area is 158 Å². The number of nitrogens with zero attached hydrogens (tertiary/aromatic N) is 4. The summed E-state index contributed by atoms with van der Waals surface area (Å²) in [6.45, 7) is 1.05. The third-order valence-electron chi connectivity index (χ3n) is 4.41. The van der Waals surface area contributed by atoms with Gasteiger partial charge in [0.1, 0.15) is 24.4 Å². The number of likely N-dealkylation sites (tertiary alicyclic amines) is 1. The van der Waals surface area contributed by atoms with E-state index in [1.807, 2.05) is 0 Å². The maximum Gasteiger partial charge on any atom is 0.435 e. The summed E-state index contributed by atoms with van der Waals surface area (Å²) in [5, 5.41) is 3.44. The number of amides is 2. The molecule has 0 spiro atoms. The van der Waals surface area contributed by atoms with E-state index < -0.39 is 42.4 Å². The Balaban J connectivity index is 1.72. The standard InChI is InChI=1S/C17H18F3N5O3/c1-10-5-14(17(18,19)20)23-25(10)9-15(26)24-8-12(6-13(24)16(21)27)28-11-3-2-4-22-7-11/h2-5,7,12-13H,6,8-9H2,1H3,(H2,21,27)/t12-,13-/m0/s1. The first-order valence-electron chi connectivity index (χ1n) is 8.42. The largest absolute Gasteiger partial charge is 0.487 e. The number of rotatable bonds is 5. The van der Waals surface area contributed by atoms with Crippen molar-refractivity contribution in [3.8, 4) is 5.75 Å². The Hall–Kier alpha value is -3.11. The second kappa shape index (κ2) is 7.49. The zero-order valence-electron chi connectivity index (χ0n) is 14.9. The van der Waals surface area contributed by atoms with Gasteiger partial charge in [-0.2, -0.15) is 18.3 Å². The molecule has 2 amide bonds. The number of ether oxygens (including phenoxy) is 1. The van der Waals surface area contributed by atoms with Crippen LogP contribution in [0.15, 0.2) is 30.6 Å². The van der Waals surface area contributed by atoms with Crippen LogP contribution in [0.25, 0.3) is 0 Å². The molecular weight excluding hydrogens is 379 g/mol. The molecule has 0 aromatic carbocycles. The van der Waals surface area contributed by atoms with Crippen LogP contribution in [-0.4, -0.2) is 50.2 Å². The van der Waals surface area contributed by atoms with Crippen LogP contribution in [0, 0.1) is 6.92 Å². The van der Waals surface area contributed by atoms with Crippen molar-refractivity contribution >= 4 is 11.8 Å². The molecule has 0 bridgehead atoms. The SMILES string of the molecule is Cc1cc(C(F)(F)F)nn1CC(=O)N1C[C@@H](Oc2cccnc2)C[C@H]1C(N)=O. The molecule has 150 valence electrons. The quantitative estimate of drug-likeness (QED) is 0.815. The average Bonchev–Trinajstić information content (AvgIpc) is 3.20. The van der Waals surface area contributed by atoms with Crippen LogP contribution in [0.5, 0.6) is 5.75 Å². The highest BCUT2D eigenvalue weighted by Gasteiger charge is 2.40. The lowest BCUT2D eigenvalue weighted by Crippen LogP contribution is -2.45. The highest BCUT2D eigenvalue weighted by molar-refractivity contribution is 5.87. The average molecular weight is 397 g/mol. The van der Waals surface area contributed by atoms with E-state index in [1.165, 1.54) is 18.0 Å². The first-order chi connectivity index (χ1) is 13.1. The summed E-state index contributed by atoms with van der Waals surface area (Å²) in [6.07, 6.45) is -1.84. The van der Waals surface area contributed by atoms with E-state index in [1.54, 1.807) is 18.3 Å². The third kappa shape index (κ3) is 4.24. The van der Waals surface area contributed by atoms with Gasteiger partial charge < -0.3 is 15.4 Å². The number of aryl methyl sites for hydroxylation is 1. The molecule has 2 aromatic heterocycles. The zero-order chi connectivity index (χ0) is 20.5. The van der Waals surface area contributed by atoms with Gasteiger partial charge in [0.15, 0.2) is 5.69 Å². The molecule has 2 N–H and O–H groups in total. The number of pyridine rings is 1. The summed E-state index contributed by atoms with van der Waals surface area (Å²) < 4.78 is 45.1. The topological polar surface area (TPSA) is 103 Å². The molecule has 2 aromatic rings. The molecule has 1 fully saturated rings. The van der Waals surface area contributed by atoms with Gasteiger partial charge in [-0.25, -0.2) is 0 Å². The van der Waals surface area contributed by atoms with Crippen molar-refractivity contribution in [1.29, 1.82) is 0 Å². The molecular formula is C17H18F3N5O3. The van der Waals surface area contributed by atoms with E-state index in [9.17, 15) is 22.8 Å². The van der Waals surface area contributed by atoms with Crippen molar-refractivity contribution in [2.75, 3.05) is 6.54 Å². The van der Waals surface area contributed by atoms with Crippen molar-refractivity contribution in [3.63, 3.8) is 0 Å².